The number of hydrogen-bond donors (Lipinski definition) is 3. The maximum absolute atomic E-state index is 11.7. The van der Waals surface area contributed by atoms with Crippen LogP contribution in [-0.4, -0.2) is 41.0 Å². The van der Waals surface area contributed by atoms with Gasteiger partial charge in [-0.25, -0.2) is 13.1 Å². The second-order valence-electron chi connectivity index (χ2n) is 3.46. The topological polar surface area (TPSA) is 87.3 Å². The summed E-state index contributed by atoms with van der Waals surface area (Å²) in [4.78, 5) is 12.2. The highest BCUT2D eigenvalue weighted by Crippen LogP contribution is 2.18. The number of rotatable bonds is 7. The molecule has 3 N–H and O–H groups in total. The van der Waals surface area contributed by atoms with E-state index in [2.05, 4.69) is 15.4 Å². The highest BCUT2D eigenvalue weighted by Gasteiger charge is 2.16. The third-order valence-corrected chi connectivity index (χ3v) is 4.69. The molecule has 0 spiro atoms. The molecule has 0 aliphatic rings. The van der Waals surface area contributed by atoms with E-state index in [0.29, 0.717) is 18.0 Å². The molecule has 1 aromatic rings. The van der Waals surface area contributed by atoms with E-state index in [1.165, 1.54) is 18.5 Å². The lowest BCUT2D eigenvalue weighted by molar-refractivity contribution is 0.0958. The normalized spacial score (nSPS) is 11.4. The minimum atomic E-state index is -3.47. The van der Waals surface area contributed by atoms with E-state index in [1.54, 1.807) is 0 Å². The van der Waals surface area contributed by atoms with Gasteiger partial charge < -0.3 is 10.6 Å². The van der Waals surface area contributed by atoms with Gasteiger partial charge in [0, 0.05) is 18.5 Å². The standard InChI is InChI=1S/C10H17N3O3S2/c1-3-12-4-5-13-10(14)9-6-8(7-17-9)18(15,16)11-2/h6-7,11-12H,3-5H2,1-2H3,(H,13,14). The molecule has 1 rings (SSSR count). The summed E-state index contributed by atoms with van der Waals surface area (Å²) in [6, 6.07) is 1.37. The van der Waals surface area contributed by atoms with Crippen molar-refractivity contribution >= 4 is 27.3 Å². The molecule has 8 heteroatoms. The molecule has 0 bridgehead atoms. The van der Waals surface area contributed by atoms with E-state index in [-0.39, 0.29) is 10.8 Å². The van der Waals surface area contributed by atoms with Crippen molar-refractivity contribution in [2.24, 2.45) is 0 Å². The zero-order chi connectivity index (χ0) is 13.6. The Bertz CT molecular complexity index is 496. The van der Waals surface area contributed by atoms with Crippen LogP contribution in [-0.2, 0) is 10.0 Å². The molecule has 0 aliphatic carbocycles. The maximum atomic E-state index is 11.7. The number of thiophene rings is 1. The quantitative estimate of drug-likeness (QED) is 0.617. The smallest absolute Gasteiger partial charge is 0.261 e. The number of carbonyl (C=O) groups excluding carboxylic acids is 1. The summed E-state index contributed by atoms with van der Waals surface area (Å²) in [6.45, 7) is 4.03. The van der Waals surface area contributed by atoms with Crippen molar-refractivity contribution in [1.82, 2.24) is 15.4 Å². The summed E-state index contributed by atoms with van der Waals surface area (Å²) in [6.07, 6.45) is 0. The Hall–Kier alpha value is -0.960. The van der Waals surface area contributed by atoms with E-state index < -0.39 is 10.0 Å². The lowest BCUT2D eigenvalue weighted by atomic mass is 10.4. The molecular formula is C10H17N3O3S2. The average molecular weight is 291 g/mol. The first-order valence-corrected chi connectivity index (χ1v) is 7.88. The summed E-state index contributed by atoms with van der Waals surface area (Å²) >= 11 is 1.11. The first-order chi connectivity index (χ1) is 8.51. The highest BCUT2D eigenvalue weighted by atomic mass is 32.2. The largest absolute Gasteiger partial charge is 0.350 e. The Kier molecular flexibility index (Phi) is 5.73. The molecule has 0 saturated carbocycles. The van der Waals surface area contributed by atoms with Crippen LogP contribution < -0.4 is 15.4 Å². The molecule has 0 atom stereocenters. The molecule has 1 heterocycles. The van der Waals surface area contributed by atoms with Crippen LogP contribution in [0.1, 0.15) is 16.6 Å². The lowest BCUT2D eigenvalue weighted by Gasteiger charge is -2.03. The SMILES string of the molecule is CCNCCNC(=O)c1cc(S(=O)(=O)NC)cs1. The molecule has 1 aromatic heterocycles. The predicted molar refractivity (Wildman–Crippen MR) is 71.4 cm³/mol. The fourth-order valence-electron chi connectivity index (χ4n) is 1.22. The van der Waals surface area contributed by atoms with E-state index in [1.807, 2.05) is 6.92 Å². The summed E-state index contributed by atoms with van der Waals surface area (Å²) < 4.78 is 25.2. The van der Waals surface area contributed by atoms with Crippen molar-refractivity contribution in [2.75, 3.05) is 26.7 Å². The summed E-state index contributed by atoms with van der Waals surface area (Å²) in [5.41, 5.74) is 0. The van der Waals surface area contributed by atoms with Gasteiger partial charge in [0.25, 0.3) is 5.91 Å². The Morgan fingerprint density at radius 1 is 1.39 bits per heavy atom. The van der Waals surface area contributed by atoms with Crippen molar-refractivity contribution in [2.45, 2.75) is 11.8 Å². The predicted octanol–water partition coefficient (Wildman–Crippen LogP) is -0.00450. The second kappa shape index (κ2) is 6.83. The van der Waals surface area contributed by atoms with Crippen molar-refractivity contribution < 1.29 is 13.2 Å². The minimum absolute atomic E-state index is 0.117. The van der Waals surface area contributed by atoms with Gasteiger partial charge in [0.05, 0.1) is 9.77 Å². The van der Waals surface area contributed by atoms with Crippen molar-refractivity contribution in [3.63, 3.8) is 0 Å². The zero-order valence-electron chi connectivity index (χ0n) is 10.3. The molecule has 18 heavy (non-hydrogen) atoms. The molecule has 0 fully saturated rings. The Morgan fingerprint density at radius 3 is 2.72 bits per heavy atom. The fourth-order valence-corrected chi connectivity index (χ4v) is 3.14. The van der Waals surface area contributed by atoms with Crippen LogP contribution in [0.15, 0.2) is 16.3 Å². The average Bonchev–Trinajstić information content (AvgIpc) is 2.84. The maximum Gasteiger partial charge on any atom is 0.261 e. The number of likely N-dealkylation sites (N-methyl/N-ethyl adjacent to an activating group) is 1. The van der Waals surface area contributed by atoms with Crippen molar-refractivity contribution in [3.8, 4) is 0 Å². The number of nitrogens with one attached hydrogen (secondary N) is 3. The molecule has 0 radical (unpaired) electrons. The van der Waals surface area contributed by atoms with Gasteiger partial charge in [-0.15, -0.1) is 11.3 Å². The number of amides is 1. The molecule has 0 saturated heterocycles. The first kappa shape index (κ1) is 15.1. The van der Waals surface area contributed by atoms with Crippen LogP contribution in [0, 0.1) is 0 Å². The Morgan fingerprint density at radius 2 is 2.11 bits per heavy atom. The number of sulfonamides is 1. The Labute approximate surface area is 111 Å². The van der Waals surface area contributed by atoms with Crippen LogP contribution in [0.4, 0.5) is 0 Å². The van der Waals surface area contributed by atoms with Crippen LogP contribution in [0.2, 0.25) is 0 Å². The molecule has 102 valence electrons. The fraction of sp³-hybridized carbons (Fsp3) is 0.500. The van der Waals surface area contributed by atoms with E-state index in [0.717, 1.165) is 17.9 Å². The molecule has 1 amide bonds. The summed E-state index contributed by atoms with van der Waals surface area (Å²) in [5, 5.41) is 7.24. The van der Waals surface area contributed by atoms with E-state index >= 15 is 0 Å². The minimum Gasteiger partial charge on any atom is -0.350 e. The molecule has 6 nitrogen and oxygen atoms in total. The van der Waals surface area contributed by atoms with Gasteiger partial charge in [-0.3, -0.25) is 4.79 Å². The third kappa shape index (κ3) is 4.05. The highest BCUT2D eigenvalue weighted by molar-refractivity contribution is 7.89. The molecule has 0 aliphatic heterocycles. The summed E-state index contributed by atoms with van der Waals surface area (Å²) in [5.74, 6) is -0.254. The zero-order valence-corrected chi connectivity index (χ0v) is 12.0. The third-order valence-electron chi connectivity index (χ3n) is 2.22. The van der Waals surface area contributed by atoms with Gasteiger partial charge in [0.2, 0.25) is 10.0 Å². The van der Waals surface area contributed by atoms with Crippen LogP contribution in [0.3, 0.4) is 0 Å². The van der Waals surface area contributed by atoms with Gasteiger partial charge in [-0.05, 0) is 19.7 Å². The van der Waals surface area contributed by atoms with E-state index in [4.69, 9.17) is 0 Å². The summed E-state index contributed by atoms with van der Waals surface area (Å²) in [7, 11) is -2.14. The number of hydrogen-bond acceptors (Lipinski definition) is 5. The van der Waals surface area contributed by atoms with Gasteiger partial charge in [0.1, 0.15) is 0 Å². The number of carbonyl (C=O) groups is 1. The molecule has 0 aromatic carbocycles. The van der Waals surface area contributed by atoms with Crippen LogP contribution >= 0.6 is 11.3 Å². The van der Waals surface area contributed by atoms with Gasteiger partial charge >= 0.3 is 0 Å². The molecular weight excluding hydrogens is 274 g/mol. The second-order valence-corrected chi connectivity index (χ2v) is 6.26. The van der Waals surface area contributed by atoms with Crippen LogP contribution in [0.5, 0.6) is 0 Å². The van der Waals surface area contributed by atoms with Gasteiger partial charge in [0.15, 0.2) is 0 Å². The van der Waals surface area contributed by atoms with Crippen molar-refractivity contribution in [1.29, 1.82) is 0 Å². The van der Waals surface area contributed by atoms with Crippen molar-refractivity contribution in [3.05, 3.63) is 16.3 Å². The lowest BCUT2D eigenvalue weighted by Crippen LogP contribution is -2.31. The molecule has 0 unspecified atom stereocenters. The van der Waals surface area contributed by atoms with E-state index in [9.17, 15) is 13.2 Å². The van der Waals surface area contributed by atoms with Gasteiger partial charge in [-0.1, -0.05) is 6.92 Å². The Balaban J connectivity index is 2.60. The van der Waals surface area contributed by atoms with Crippen LogP contribution in [0.25, 0.3) is 0 Å². The van der Waals surface area contributed by atoms with Gasteiger partial charge in [-0.2, -0.15) is 0 Å². The first-order valence-electron chi connectivity index (χ1n) is 5.52. The monoisotopic (exact) mass is 291 g/mol.